The van der Waals surface area contributed by atoms with E-state index in [4.69, 9.17) is 19.4 Å². The van der Waals surface area contributed by atoms with Gasteiger partial charge < -0.3 is 8.98 Å². The molecule has 0 bridgehead atoms. The summed E-state index contributed by atoms with van der Waals surface area (Å²) in [5.74, 6) is 1.75. The zero-order chi connectivity index (χ0) is 50.1. The lowest BCUT2D eigenvalue weighted by atomic mass is 9.91. The normalized spacial score (nSPS) is 11.7. The second-order valence-electron chi connectivity index (χ2n) is 19.5. The van der Waals surface area contributed by atoms with Crippen LogP contribution in [0, 0.1) is 0 Å². The van der Waals surface area contributed by atoms with Gasteiger partial charge in [-0.1, -0.05) is 212 Å². The molecule has 0 saturated heterocycles. The summed E-state index contributed by atoms with van der Waals surface area (Å²) in [5, 5.41) is 9.09. The molecule has 0 spiro atoms. The number of nitrogens with zero attached hydrogens (tertiary/aromatic N) is 4. The van der Waals surface area contributed by atoms with Crippen molar-refractivity contribution in [3.8, 4) is 84.4 Å². The van der Waals surface area contributed by atoms with E-state index in [0.29, 0.717) is 17.5 Å². The van der Waals surface area contributed by atoms with Crippen LogP contribution in [-0.4, -0.2) is 19.5 Å². The second-order valence-corrected chi connectivity index (χ2v) is 19.5. The van der Waals surface area contributed by atoms with Crippen LogP contribution in [0.3, 0.4) is 0 Å². The molecule has 0 amide bonds. The van der Waals surface area contributed by atoms with Crippen molar-refractivity contribution in [1.29, 1.82) is 0 Å². The Labute approximate surface area is 438 Å². The van der Waals surface area contributed by atoms with Crippen molar-refractivity contribution in [3.05, 3.63) is 267 Å². The predicted molar refractivity (Wildman–Crippen MR) is 315 cm³/mol. The van der Waals surface area contributed by atoms with Crippen molar-refractivity contribution >= 4 is 65.3 Å². The van der Waals surface area contributed by atoms with Gasteiger partial charge in [-0.25, -0.2) is 15.0 Å². The van der Waals surface area contributed by atoms with Crippen LogP contribution >= 0.6 is 0 Å². The third kappa shape index (κ3) is 7.36. The van der Waals surface area contributed by atoms with E-state index in [-0.39, 0.29) is 0 Å². The molecule has 0 aliphatic rings. The molecule has 15 aromatic rings. The minimum atomic E-state index is 0.563. The van der Waals surface area contributed by atoms with E-state index >= 15 is 0 Å². The van der Waals surface area contributed by atoms with Gasteiger partial charge >= 0.3 is 0 Å². The maximum atomic E-state index is 7.06. The lowest BCUT2D eigenvalue weighted by molar-refractivity contribution is 0.668. The van der Waals surface area contributed by atoms with E-state index < -0.39 is 0 Å². The standard InChI is InChI=1S/C71H44N4O/c1-4-18-45(19-5-1)53-38-54(46-20-6-2-7-21-46)40-55(39-53)60-43-62-67(44-65(60)75-63-32-15-14-29-58(63)61-41-51-25-10-11-26-52(51)42-64(61)75)76-66-33-17-31-59(68(62)66)71-73-69(49-23-8-3-9-24-49)72-70(74-71)50-36-34-48(35-37-50)57-30-16-27-47-22-12-13-28-56(47)57/h1-44H. The number of aromatic nitrogens is 4. The van der Waals surface area contributed by atoms with Gasteiger partial charge in [-0.2, -0.15) is 0 Å². The molecule has 5 heteroatoms. The number of benzene rings is 12. The number of furan rings is 1. The average Bonchev–Trinajstić information content (AvgIpc) is 4.14. The molecular formula is C71H44N4O. The molecule has 0 N–H and O–H groups in total. The fourth-order valence-electron chi connectivity index (χ4n) is 11.4. The molecular weight excluding hydrogens is 925 g/mol. The molecule has 12 aromatic carbocycles. The monoisotopic (exact) mass is 968 g/mol. The Morgan fingerprint density at radius 2 is 0.789 bits per heavy atom. The van der Waals surface area contributed by atoms with E-state index in [2.05, 4.69) is 247 Å². The minimum absolute atomic E-state index is 0.563. The fraction of sp³-hybridized carbons (Fsp3) is 0. The highest BCUT2D eigenvalue weighted by molar-refractivity contribution is 6.17. The fourth-order valence-corrected chi connectivity index (χ4v) is 11.4. The number of para-hydroxylation sites is 1. The first kappa shape index (κ1) is 43.4. The summed E-state index contributed by atoms with van der Waals surface area (Å²) < 4.78 is 9.49. The Morgan fingerprint density at radius 1 is 0.263 bits per heavy atom. The highest BCUT2D eigenvalue weighted by Gasteiger charge is 2.24. The molecule has 0 aliphatic carbocycles. The Kier molecular flexibility index (Phi) is 10.1. The van der Waals surface area contributed by atoms with Crippen molar-refractivity contribution in [2.75, 3.05) is 0 Å². The van der Waals surface area contributed by atoms with E-state index in [1.165, 1.54) is 37.9 Å². The van der Waals surface area contributed by atoms with Crippen LogP contribution < -0.4 is 0 Å². The highest BCUT2D eigenvalue weighted by atomic mass is 16.3. The van der Waals surface area contributed by atoms with Crippen molar-refractivity contribution < 1.29 is 4.42 Å². The molecule has 354 valence electrons. The second kappa shape index (κ2) is 17.8. The Bertz CT molecular complexity index is 4670. The van der Waals surface area contributed by atoms with Crippen LogP contribution in [0.4, 0.5) is 0 Å². The minimum Gasteiger partial charge on any atom is -0.456 e. The highest BCUT2D eigenvalue weighted by Crippen LogP contribution is 2.45. The van der Waals surface area contributed by atoms with Gasteiger partial charge in [0.15, 0.2) is 17.5 Å². The molecule has 0 aliphatic heterocycles. The van der Waals surface area contributed by atoms with Gasteiger partial charge in [0.05, 0.1) is 16.7 Å². The van der Waals surface area contributed by atoms with Crippen LogP contribution in [0.25, 0.3) is 150 Å². The maximum absolute atomic E-state index is 7.06. The Hall–Kier alpha value is -10.2. The number of hydrogen-bond donors (Lipinski definition) is 0. The van der Waals surface area contributed by atoms with Crippen molar-refractivity contribution in [2.45, 2.75) is 0 Å². The summed E-state index contributed by atoms with van der Waals surface area (Å²) in [6, 6.07) is 95.0. The van der Waals surface area contributed by atoms with Crippen LogP contribution in [0.15, 0.2) is 271 Å². The molecule has 0 atom stereocenters. The van der Waals surface area contributed by atoms with Gasteiger partial charge in [-0.15, -0.1) is 0 Å². The smallest absolute Gasteiger partial charge is 0.164 e. The first-order valence-corrected chi connectivity index (χ1v) is 25.7. The van der Waals surface area contributed by atoms with E-state index in [1.54, 1.807) is 0 Å². The van der Waals surface area contributed by atoms with Gasteiger partial charge in [-0.05, 0) is 109 Å². The molecule has 3 aromatic heterocycles. The van der Waals surface area contributed by atoms with E-state index in [9.17, 15) is 0 Å². The van der Waals surface area contributed by atoms with Crippen molar-refractivity contribution in [1.82, 2.24) is 19.5 Å². The predicted octanol–water partition coefficient (Wildman–Crippen LogP) is 18.8. The summed E-state index contributed by atoms with van der Waals surface area (Å²) in [5.41, 5.74) is 16.4. The molecule has 15 rings (SSSR count). The van der Waals surface area contributed by atoms with Gasteiger partial charge in [0, 0.05) is 49.9 Å². The summed E-state index contributed by atoms with van der Waals surface area (Å²) >= 11 is 0. The molecule has 5 nitrogen and oxygen atoms in total. The Balaban J connectivity index is 0.985. The molecule has 0 unspecified atom stereocenters. The quantitative estimate of drug-likeness (QED) is 0.152. The number of hydrogen-bond acceptors (Lipinski definition) is 4. The van der Waals surface area contributed by atoms with Crippen molar-refractivity contribution in [2.24, 2.45) is 0 Å². The topological polar surface area (TPSA) is 56.7 Å². The maximum Gasteiger partial charge on any atom is 0.164 e. The molecule has 76 heavy (non-hydrogen) atoms. The summed E-state index contributed by atoms with van der Waals surface area (Å²) in [7, 11) is 0. The number of rotatable bonds is 8. The van der Waals surface area contributed by atoms with Crippen LogP contribution in [0.5, 0.6) is 0 Å². The molecule has 0 fully saturated rings. The SMILES string of the molecule is c1ccc(-c2cc(-c3ccccc3)cc(-c3cc4c(cc3-n3c5ccccc5c5cc6ccccc6cc53)oc3cccc(-c5nc(-c6ccccc6)nc(-c6ccc(-c7cccc8ccccc78)cc6)n5)c34)c2)cc1. The molecule has 0 saturated carbocycles. The summed E-state index contributed by atoms with van der Waals surface area (Å²) in [4.78, 5) is 15.8. The van der Waals surface area contributed by atoms with Gasteiger partial charge in [-0.3, -0.25) is 0 Å². The zero-order valence-electron chi connectivity index (χ0n) is 41.1. The van der Waals surface area contributed by atoms with Crippen molar-refractivity contribution in [3.63, 3.8) is 0 Å². The molecule has 0 radical (unpaired) electrons. The Morgan fingerprint density at radius 3 is 1.50 bits per heavy atom. The third-order valence-corrected chi connectivity index (χ3v) is 15.0. The van der Waals surface area contributed by atoms with Crippen LogP contribution in [-0.2, 0) is 0 Å². The average molecular weight is 969 g/mol. The zero-order valence-corrected chi connectivity index (χ0v) is 41.1. The lowest BCUT2D eigenvalue weighted by Gasteiger charge is -2.17. The first-order valence-electron chi connectivity index (χ1n) is 25.7. The molecule has 3 heterocycles. The first-order chi connectivity index (χ1) is 37.6. The van der Waals surface area contributed by atoms with Crippen LogP contribution in [0.1, 0.15) is 0 Å². The lowest BCUT2D eigenvalue weighted by Crippen LogP contribution is -2.00. The summed E-state index contributed by atoms with van der Waals surface area (Å²) in [6.45, 7) is 0. The van der Waals surface area contributed by atoms with E-state index in [1.807, 2.05) is 24.3 Å². The summed E-state index contributed by atoms with van der Waals surface area (Å²) in [6.07, 6.45) is 0. The van der Waals surface area contributed by atoms with E-state index in [0.717, 1.165) is 94.3 Å². The largest absolute Gasteiger partial charge is 0.456 e. The number of fused-ring (bicyclic) bond motifs is 8. The van der Waals surface area contributed by atoms with Crippen LogP contribution in [0.2, 0.25) is 0 Å². The van der Waals surface area contributed by atoms with Gasteiger partial charge in [0.25, 0.3) is 0 Å². The van der Waals surface area contributed by atoms with Gasteiger partial charge in [0.1, 0.15) is 11.2 Å². The third-order valence-electron chi connectivity index (χ3n) is 15.0. The van der Waals surface area contributed by atoms with Gasteiger partial charge in [0.2, 0.25) is 0 Å².